The van der Waals surface area contributed by atoms with E-state index in [1.807, 2.05) is 0 Å². The number of primary amides is 1. The molecule has 0 aliphatic heterocycles. The summed E-state index contributed by atoms with van der Waals surface area (Å²) < 4.78 is 34.4. The van der Waals surface area contributed by atoms with Crippen LogP contribution in [0.25, 0.3) is 0 Å². The molecule has 0 heterocycles. The first kappa shape index (κ1) is 8.00. The summed E-state index contributed by atoms with van der Waals surface area (Å²) in [6.45, 7) is -1.64. The van der Waals surface area contributed by atoms with Crippen molar-refractivity contribution in [1.29, 1.82) is 0 Å². The predicted octanol–water partition coefficient (Wildman–Crippen LogP) is 0.592. The summed E-state index contributed by atoms with van der Waals surface area (Å²) in [6, 6.07) is 0. The van der Waals surface area contributed by atoms with E-state index in [-0.39, 0.29) is 0 Å². The molecule has 0 aromatic carbocycles. The van der Waals surface area contributed by atoms with Crippen molar-refractivity contribution < 1.29 is 18.0 Å². The highest BCUT2D eigenvalue weighted by molar-refractivity contribution is 5.90. The standard InChI is InChI=1S/C4H4F3NO/c5-1-2(6)3(7)4(8)9/h1H2,(H2,8,9)/b3-2+. The van der Waals surface area contributed by atoms with Crippen molar-refractivity contribution >= 4 is 5.91 Å². The van der Waals surface area contributed by atoms with Crippen LogP contribution in [0.15, 0.2) is 11.7 Å². The lowest BCUT2D eigenvalue weighted by Gasteiger charge is -1.88. The number of carbonyl (C=O) groups excluding carboxylic acids is 1. The number of alkyl halides is 1. The van der Waals surface area contributed by atoms with Crippen LogP contribution in [0.3, 0.4) is 0 Å². The van der Waals surface area contributed by atoms with E-state index in [1.54, 1.807) is 0 Å². The minimum Gasteiger partial charge on any atom is -0.364 e. The quantitative estimate of drug-likeness (QED) is 0.559. The van der Waals surface area contributed by atoms with Crippen molar-refractivity contribution in [2.24, 2.45) is 5.73 Å². The predicted molar refractivity (Wildman–Crippen MR) is 24.4 cm³/mol. The van der Waals surface area contributed by atoms with Crippen LogP contribution in [0.4, 0.5) is 13.2 Å². The third kappa shape index (κ3) is 2.16. The zero-order valence-corrected chi connectivity index (χ0v) is 4.33. The molecular formula is C4H4F3NO. The molecule has 2 N–H and O–H groups in total. The molecule has 1 amide bonds. The molecule has 0 fully saturated rings. The zero-order chi connectivity index (χ0) is 7.44. The number of amides is 1. The highest BCUT2D eigenvalue weighted by Gasteiger charge is 2.10. The topological polar surface area (TPSA) is 43.1 Å². The van der Waals surface area contributed by atoms with E-state index in [4.69, 9.17) is 0 Å². The second-order valence-electron chi connectivity index (χ2n) is 1.22. The molecule has 9 heavy (non-hydrogen) atoms. The van der Waals surface area contributed by atoms with E-state index in [0.29, 0.717) is 0 Å². The maximum Gasteiger partial charge on any atom is 0.280 e. The number of rotatable bonds is 2. The molecule has 0 aliphatic carbocycles. The van der Waals surface area contributed by atoms with Gasteiger partial charge in [-0.2, -0.15) is 4.39 Å². The van der Waals surface area contributed by atoms with Crippen LogP contribution >= 0.6 is 0 Å². The summed E-state index contributed by atoms with van der Waals surface area (Å²) in [5, 5.41) is 0. The Labute approximate surface area is 49.1 Å². The van der Waals surface area contributed by atoms with Gasteiger partial charge in [-0.25, -0.2) is 8.78 Å². The van der Waals surface area contributed by atoms with Crippen LogP contribution in [-0.2, 0) is 4.79 Å². The van der Waals surface area contributed by atoms with Gasteiger partial charge in [0.1, 0.15) is 6.67 Å². The number of carbonyl (C=O) groups is 1. The number of hydrogen-bond donors (Lipinski definition) is 1. The minimum absolute atomic E-state index is 1.59. The monoisotopic (exact) mass is 139 g/mol. The third-order valence-electron chi connectivity index (χ3n) is 0.572. The Morgan fingerprint density at radius 3 is 2.00 bits per heavy atom. The molecule has 0 saturated carbocycles. The first-order valence-corrected chi connectivity index (χ1v) is 1.99. The summed E-state index contributed by atoms with van der Waals surface area (Å²) >= 11 is 0. The van der Waals surface area contributed by atoms with Crippen molar-refractivity contribution in [3.63, 3.8) is 0 Å². The van der Waals surface area contributed by atoms with E-state index in [0.717, 1.165) is 0 Å². The van der Waals surface area contributed by atoms with Gasteiger partial charge in [-0.1, -0.05) is 0 Å². The first-order chi connectivity index (χ1) is 4.09. The molecule has 52 valence electrons. The highest BCUT2D eigenvalue weighted by Crippen LogP contribution is 2.06. The average Bonchev–Trinajstić information content (AvgIpc) is 1.84. The van der Waals surface area contributed by atoms with E-state index in [2.05, 4.69) is 5.73 Å². The summed E-state index contributed by atoms with van der Waals surface area (Å²) in [7, 11) is 0. The van der Waals surface area contributed by atoms with Crippen LogP contribution in [0.2, 0.25) is 0 Å². The molecular weight excluding hydrogens is 135 g/mol. The summed E-state index contributed by atoms with van der Waals surface area (Å²) in [4.78, 5) is 9.68. The lowest BCUT2D eigenvalue weighted by molar-refractivity contribution is -0.116. The lowest BCUT2D eigenvalue weighted by Crippen LogP contribution is -2.12. The molecule has 0 radical (unpaired) electrons. The van der Waals surface area contributed by atoms with E-state index >= 15 is 0 Å². The average molecular weight is 139 g/mol. The Hall–Kier alpha value is -1.00. The molecule has 0 rings (SSSR count). The van der Waals surface area contributed by atoms with Crippen molar-refractivity contribution in [3.05, 3.63) is 11.7 Å². The van der Waals surface area contributed by atoms with Crippen LogP contribution < -0.4 is 5.73 Å². The van der Waals surface area contributed by atoms with E-state index < -0.39 is 24.2 Å². The van der Waals surface area contributed by atoms with Crippen molar-refractivity contribution in [1.82, 2.24) is 0 Å². The summed E-state index contributed by atoms with van der Waals surface area (Å²) in [6.07, 6.45) is 0. The largest absolute Gasteiger partial charge is 0.364 e. The van der Waals surface area contributed by atoms with Gasteiger partial charge < -0.3 is 5.73 Å². The van der Waals surface area contributed by atoms with Gasteiger partial charge in [0.2, 0.25) is 5.83 Å². The molecule has 2 nitrogen and oxygen atoms in total. The van der Waals surface area contributed by atoms with E-state index in [1.165, 1.54) is 0 Å². The summed E-state index contributed by atoms with van der Waals surface area (Å²) in [5.74, 6) is -5.20. The Morgan fingerprint density at radius 2 is 1.89 bits per heavy atom. The molecule has 0 aromatic heterocycles. The van der Waals surface area contributed by atoms with Gasteiger partial charge in [0.05, 0.1) is 0 Å². The highest BCUT2D eigenvalue weighted by atomic mass is 19.2. The zero-order valence-electron chi connectivity index (χ0n) is 4.33. The number of allylic oxidation sites excluding steroid dienone is 1. The molecule has 0 atom stereocenters. The Balaban J connectivity index is 4.28. The molecule has 0 aromatic rings. The maximum atomic E-state index is 11.7. The fourth-order valence-corrected chi connectivity index (χ4v) is 0.192. The maximum absolute atomic E-state index is 11.7. The minimum atomic E-state index is -1.85. The van der Waals surface area contributed by atoms with Crippen LogP contribution in [0.5, 0.6) is 0 Å². The number of nitrogens with two attached hydrogens (primary N) is 1. The molecule has 5 heteroatoms. The van der Waals surface area contributed by atoms with Crippen LogP contribution in [0.1, 0.15) is 0 Å². The van der Waals surface area contributed by atoms with Gasteiger partial charge >= 0.3 is 0 Å². The fraction of sp³-hybridized carbons (Fsp3) is 0.250. The lowest BCUT2D eigenvalue weighted by atomic mass is 10.4. The normalized spacial score (nSPS) is 12.8. The molecule has 0 aliphatic rings. The van der Waals surface area contributed by atoms with E-state index in [9.17, 15) is 18.0 Å². The molecule has 0 unspecified atom stereocenters. The fourth-order valence-electron chi connectivity index (χ4n) is 0.192. The first-order valence-electron chi connectivity index (χ1n) is 1.99. The van der Waals surface area contributed by atoms with Crippen molar-refractivity contribution in [3.8, 4) is 0 Å². The Morgan fingerprint density at radius 1 is 1.44 bits per heavy atom. The molecule has 0 bridgehead atoms. The third-order valence-corrected chi connectivity index (χ3v) is 0.572. The number of hydrogen-bond acceptors (Lipinski definition) is 1. The van der Waals surface area contributed by atoms with Crippen LogP contribution in [0, 0.1) is 0 Å². The Kier molecular flexibility index (Phi) is 2.77. The van der Waals surface area contributed by atoms with Gasteiger partial charge in [-0.05, 0) is 0 Å². The number of halogens is 3. The van der Waals surface area contributed by atoms with Gasteiger partial charge in [-0.15, -0.1) is 0 Å². The second-order valence-corrected chi connectivity index (χ2v) is 1.22. The second kappa shape index (κ2) is 3.11. The van der Waals surface area contributed by atoms with Gasteiger partial charge in [0.25, 0.3) is 5.91 Å². The summed E-state index contributed by atoms with van der Waals surface area (Å²) in [5.41, 5.74) is 4.23. The molecule has 0 spiro atoms. The van der Waals surface area contributed by atoms with Crippen molar-refractivity contribution in [2.45, 2.75) is 0 Å². The Bertz CT molecular complexity index is 154. The van der Waals surface area contributed by atoms with Crippen molar-refractivity contribution in [2.75, 3.05) is 6.67 Å². The van der Waals surface area contributed by atoms with Gasteiger partial charge in [0, 0.05) is 0 Å². The van der Waals surface area contributed by atoms with Crippen LogP contribution in [-0.4, -0.2) is 12.6 Å². The van der Waals surface area contributed by atoms with Gasteiger partial charge in [-0.3, -0.25) is 4.79 Å². The molecule has 0 saturated heterocycles. The smallest absolute Gasteiger partial charge is 0.280 e. The van der Waals surface area contributed by atoms with Gasteiger partial charge in [0.15, 0.2) is 5.83 Å². The SMILES string of the molecule is NC(=O)/C(F)=C(\F)CF.